The fraction of sp³-hybridized carbons (Fsp3) is 0.417. The van der Waals surface area contributed by atoms with Crippen LogP contribution >= 0.6 is 0 Å². The Morgan fingerprint density at radius 1 is 1.27 bits per heavy atom. The van der Waals surface area contributed by atoms with Crippen molar-refractivity contribution in [2.24, 2.45) is 0 Å². The number of nitrogens with two attached hydrogens (primary N) is 1. The van der Waals surface area contributed by atoms with E-state index in [2.05, 4.69) is 5.32 Å². The molecule has 0 spiro atoms. The highest BCUT2D eigenvalue weighted by molar-refractivity contribution is 5.99. The van der Waals surface area contributed by atoms with Crippen molar-refractivity contribution in [1.82, 2.24) is 5.32 Å². The summed E-state index contributed by atoms with van der Waals surface area (Å²) >= 11 is 0. The molecule has 0 aliphatic heterocycles. The van der Waals surface area contributed by atoms with E-state index in [-0.39, 0.29) is 11.9 Å². The third-order valence-electron chi connectivity index (χ3n) is 1.63. The Labute approximate surface area is 91.7 Å². The Morgan fingerprint density at radius 3 is 2.27 bits per heavy atom. The van der Waals surface area contributed by atoms with Crippen molar-refractivity contribution < 1.29 is 4.79 Å². The maximum absolute atomic E-state index is 11.5. The first-order valence-corrected chi connectivity index (χ1v) is 5.26. The van der Waals surface area contributed by atoms with Gasteiger partial charge >= 0.3 is 0 Å². The van der Waals surface area contributed by atoms with Crippen LogP contribution in [0.5, 0.6) is 0 Å². The van der Waals surface area contributed by atoms with Crippen LogP contribution in [0.1, 0.15) is 38.1 Å². The van der Waals surface area contributed by atoms with E-state index in [1.165, 1.54) is 0 Å². The lowest BCUT2D eigenvalue weighted by atomic mass is 10.1. The minimum atomic E-state index is -0.117. The number of hydrogen-bond acceptors (Lipinski definition) is 2. The van der Waals surface area contributed by atoms with Gasteiger partial charge in [0.05, 0.1) is 5.56 Å². The van der Waals surface area contributed by atoms with Crippen LogP contribution < -0.4 is 11.1 Å². The topological polar surface area (TPSA) is 55.1 Å². The largest absolute Gasteiger partial charge is 0.398 e. The molecule has 0 heterocycles. The van der Waals surface area contributed by atoms with Gasteiger partial charge in [0.15, 0.2) is 0 Å². The van der Waals surface area contributed by atoms with Crippen LogP contribution in [0.15, 0.2) is 24.3 Å². The van der Waals surface area contributed by atoms with Gasteiger partial charge in [0.1, 0.15) is 0 Å². The van der Waals surface area contributed by atoms with Crippen molar-refractivity contribution in [3.63, 3.8) is 0 Å². The number of para-hydroxylation sites is 1. The average molecular weight is 208 g/mol. The summed E-state index contributed by atoms with van der Waals surface area (Å²) in [6.45, 7) is 7.83. The molecule has 1 rings (SSSR count). The summed E-state index contributed by atoms with van der Waals surface area (Å²) in [4.78, 5) is 11.5. The first-order valence-electron chi connectivity index (χ1n) is 5.26. The van der Waals surface area contributed by atoms with Crippen molar-refractivity contribution in [3.8, 4) is 0 Å². The number of carbonyl (C=O) groups is 1. The van der Waals surface area contributed by atoms with E-state index >= 15 is 0 Å². The second-order valence-electron chi connectivity index (χ2n) is 3.22. The molecule has 84 valence electrons. The van der Waals surface area contributed by atoms with E-state index in [4.69, 9.17) is 5.73 Å². The molecule has 0 aromatic heterocycles. The first kappa shape index (κ1) is 13.5. The Hall–Kier alpha value is -1.51. The number of hydrogen-bond donors (Lipinski definition) is 2. The van der Waals surface area contributed by atoms with Crippen LogP contribution in [0.2, 0.25) is 0 Å². The van der Waals surface area contributed by atoms with Gasteiger partial charge in [-0.2, -0.15) is 0 Å². The lowest BCUT2D eigenvalue weighted by Gasteiger charge is -2.09. The van der Waals surface area contributed by atoms with Crippen molar-refractivity contribution in [1.29, 1.82) is 0 Å². The molecule has 0 atom stereocenters. The Morgan fingerprint density at radius 2 is 1.80 bits per heavy atom. The summed E-state index contributed by atoms with van der Waals surface area (Å²) < 4.78 is 0. The van der Waals surface area contributed by atoms with Crippen LogP contribution in [0.25, 0.3) is 0 Å². The zero-order chi connectivity index (χ0) is 11.8. The number of benzene rings is 1. The molecule has 0 bridgehead atoms. The highest BCUT2D eigenvalue weighted by atomic mass is 16.1. The maximum atomic E-state index is 11.5. The molecule has 0 aliphatic carbocycles. The second-order valence-corrected chi connectivity index (χ2v) is 3.22. The molecule has 0 saturated carbocycles. The van der Waals surface area contributed by atoms with E-state index in [0.717, 1.165) is 0 Å². The van der Waals surface area contributed by atoms with Crippen LogP contribution in [0.3, 0.4) is 0 Å². The first-order chi connectivity index (χ1) is 7.11. The highest BCUT2D eigenvalue weighted by Gasteiger charge is 2.08. The minimum absolute atomic E-state index is 0.117. The lowest BCUT2D eigenvalue weighted by molar-refractivity contribution is 0.0944. The monoisotopic (exact) mass is 208 g/mol. The molecule has 1 aromatic carbocycles. The standard InChI is InChI=1S/C10H14N2O.C2H6/c1-7(2)12-10(13)8-5-3-4-6-9(8)11;1-2/h3-7H,11H2,1-2H3,(H,12,13);1-2H3. The molecule has 3 N–H and O–H groups in total. The SMILES string of the molecule is CC.CC(C)NC(=O)c1ccccc1N. The summed E-state index contributed by atoms with van der Waals surface area (Å²) in [5.41, 5.74) is 6.69. The zero-order valence-electron chi connectivity index (χ0n) is 9.87. The summed E-state index contributed by atoms with van der Waals surface area (Å²) in [5, 5.41) is 2.78. The molecule has 15 heavy (non-hydrogen) atoms. The van der Waals surface area contributed by atoms with Crippen molar-refractivity contribution in [2.75, 3.05) is 5.73 Å². The van der Waals surface area contributed by atoms with E-state index < -0.39 is 0 Å². The number of rotatable bonds is 2. The predicted molar refractivity (Wildman–Crippen MR) is 64.8 cm³/mol. The number of carbonyl (C=O) groups excluding carboxylic acids is 1. The van der Waals surface area contributed by atoms with Gasteiger partial charge in [0.25, 0.3) is 5.91 Å². The molecule has 1 aromatic rings. The molecule has 0 radical (unpaired) electrons. The normalized spacial score (nSPS) is 9.13. The van der Waals surface area contributed by atoms with Gasteiger partial charge in [-0.05, 0) is 26.0 Å². The van der Waals surface area contributed by atoms with Crippen LogP contribution in [-0.2, 0) is 0 Å². The molecule has 0 fully saturated rings. The van der Waals surface area contributed by atoms with Crippen molar-refractivity contribution in [3.05, 3.63) is 29.8 Å². The van der Waals surface area contributed by atoms with Crippen molar-refractivity contribution >= 4 is 11.6 Å². The number of nitrogen functional groups attached to an aromatic ring is 1. The molecule has 3 heteroatoms. The van der Waals surface area contributed by atoms with E-state index in [9.17, 15) is 4.79 Å². The molecule has 0 saturated heterocycles. The maximum Gasteiger partial charge on any atom is 0.253 e. The minimum Gasteiger partial charge on any atom is -0.398 e. The predicted octanol–water partition coefficient (Wildman–Crippen LogP) is 2.43. The van der Waals surface area contributed by atoms with Crippen LogP contribution in [0, 0.1) is 0 Å². The summed E-state index contributed by atoms with van der Waals surface area (Å²) in [7, 11) is 0. The van der Waals surface area contributed by atoms with Gasteiger partial charge in [0, 0.05) is 11.7 Å². The van der Waals surface area contributed by atoms with E-state index in [1.807, 2.05) is 33.8 Å². The van der Waals surface area contributed by atoms with E-state index in [0.29, 0.717) is 11.3 Å². The van der Waals surface area contributed by atoms with Gasteiger partial charge in [-0.15, -0.1) is 0 Å². The Balaban J connectivity index is 0.000000921. The number of amides is 1. The lowest BCUT2D eigenvalue weighted by Crippen LogP contribution is -2.30. The van der Waals surface area contributed by atoms with Gasteiger partial charge in [0.2, 0.25) is 0 Å². The average Bonchev–Trinajstić information content (AvgIpc) is 2.20. The summed E-state index contributed by atoms with van der Waals surface area (Å²) in [6, 6.07) is 7.17. The van der Waals surface area contributed by atoms with Gasteiger partial charge in [-0.25, -0.2) is 0 Å². The Bertz CT molecular complexity index is 308. The van der Waals surface area contributed by atoms with Crippen LogP contribution in [-0.4, -0.2) is 11.9 Å². The molecular formula is C12H20N2O. The quantitative estimate of drug-likeness (QED) is 0.733. The Kier molecular flexibility index (Phi) is 6.18. The third kappa shape index (κ3) is 4.49. The summed E-state index contributed by atoms with van der Waals surface area (Å²) in [5.74, 6) is -0.117. The van der Waals surface area contributed by atoms with Gasteiger partial charge in [-0.1, -0.05) is 26.0 Å². The third-order valence-corrected chi connectivity index (χ3v) is 1.63. The van der Waals surface area contributed by atoms with E-state index in [1.54, 1.807) is 18.2 Å². The fourth-order valence-electron chi connectivity index (χ4n) is 1.04. The molecule has 1 amide bonds. The molecule has 0 unspecified atom stereocenters. The van der Waals surface area contributed by atoms with Gasteiger partial charge in [-0.3, -0.25) is 4.79 Å². The molecular weight excluding hydrogens is 188 g/mol. The number of nitrogens with one attached hydrogen (secondary N) is 1. The number of anilines is 1. The second kappa shape index (κ2) is 6.87. The zero-order valence-corrected chi connectivity index (χ0v) is 9.87. The smallest absolute Gasteiger partial charge is 0.253 e. The highest BCUT2D eigenvalue weighted by Crippen LogP contribution is 2.09. The molecule has 3 nitrogen and oxygen atoms in total. The fourth-order valence-corrected chi connectivity index (χ4v) is 1.04. The summed E-state index contributed by atoms with van der Waals surface area (Å²) in [6.07, 6.45) is 0. The van der Waals surface area contributed by atoms with Crippen LogP contribution in [0.4, 0.5) is 5.69 Å². The molecule has 0 aliphatic rings. The van der Waals surface area contributed by atoms with Gasteiger partial charge < -0.3 is 11.1 Å². The van der Waals surface area contributed by atoms with Crippen molar-refractivity contribution in [2.45, 2.75) is 33.7 Å².